The number of aromatic nitrogens is 1. The molecule has 0 aliphatic rings. The Bertz CT molecular complexity index is 607. The van der Waals surface area contributed by atoms with E-state index in [1.54, 1.807) is 6.07 Å². The lowest BCUT2D eigenvalue weighted by Crippen LogP contribution is -1.93. The molecule has 1 aromatic carbocycles. The SMILES string of the molecule is Nc1cnc(Oc2cc(Cl)c(Cl)cc2Cl)c(Br)c1. The van der Waals surface area contributed by atoms with Crippen LogP contribution in [-0.2, 0) is 0 Å². The zero-order valence-electron chi connectivity index (χ0n) is 8.75. The number of hydrogen-bond acceptors (Lipinski definition) is 3. The molecule has 0 bridgehead atoms. The van der Waals surface area contributed by atoms with Gasteiger partial charge in [0.15, 0.2) is 0 Å². The second kappa shape index (κ2) is 5.53. The Morgan fingerprint density at radius 1 is 1.06 bits per heavy atom. The first-order chi connectivity index (χ1) is 8.47. The van der Waals surface area contributed by atoms with E-state index in [0.29, 0.717) is 36.9 Å². The van der Waals surface area contributed by atoms with Gasteiger partial charge in [0.1, 0.15) is 5.75 Å². The summed E-state index contributed by atoms with van der Waals surface area (Å²) in [5.41, 5.74) is 6.10. The number of rotatable bonds is 2. The maximum atomic E-state index is 6.00. The summed E-state index contributed by atoms with van der Waals surface area (Å²) in [5, 5.41) is 1.05. The van der Waals surface area contributed by atoms with Crippen LogP contribution in [0.25, 0.3) is 0 Å². The standard InChI is InChI=1S/C11H6BrCl3N2O/c12-6-1-5(16)4-17-11(6)18-10-3-8(14)7(13)2-9(10)15/h1-4H,16H2. The fourth-order valence-corrected chi connectivity index (χ4v) is 2.22. The molecule has 2 aromatic rings. The molecule has 0 spiro atoms. The molecule has 1 heterocycles. The summed E-state index contributed by atoms with van der Waals surface area (Å²) in [6.45, 7) is 0. The Labute approximate surface area is 127 Å². The smallest absolute Gasteiger partial charge is 0.233 e. The number of benzene rings is 1. The summed E-state index contributed by atoms with van der Waals surface area (Å²) >= 11 is 21.0. The van der Waals surface area contributed by atoms with Crippen LogP contribution >= 0.6 is 50.7 Å². The highest BCUT2D eigenvalue weighted by atomic mass is 79.9. The Hall–Kier alpha value is -0.680. The van der Waals surface area contributed by atoms with Gasteiger partial charge in [0.05, 0.1) is 31.4 Å². The maximum Gasteiger partial charge on any atom is 0.233 e. The van der Waals surface area contributed by atoms with Gasteiger partial charge in [0.25, 0.3) is 0 Å². The van der Waals surface area contributed by atoms with Gasteiger partial charge in [-0.05, 0) is 28.1 Å². The molecule has 3 nitrogen and oxygen atoms in total. The molecule has 0 amide bonds. The second-order valence-electron chi connectivity index (χ2n) is 3.35. The quantitative estimate of drug-likeness (QED) is 0.743. The highest BCUT2D eigenvalue weighted by molar-refractivity contribution is 9.10. The van der Waals surface area contributed by atoms with Crippen LogP contribution in [0.1, 0.15) is 0 Å². The van der Waals surface area contributed by atoms with Gasteiger partial charge in [-0.1, -0.05) is 34.8 Å². The first kappa shape index (κ1) is 13.7. The molecule has 0 aliphatic heterocycles. The van der Waals surface area contributed by atoms with Crippen LogP contribution in [0.15, 0.2) is 28.9 Å². The first-order valence-electron chi connectivity index (χ1n) is 4.71. The molecule has 0 atom stereocenters. The van der Waals surface area contributed by atoms with Crippen molar-refractivity contribution in [3.05, 3.63) is 43.9 Å². The lowest BCUT2D eigenvalue weighted by atomic mass is 10.3. The van der Waals surface area contributed by atoms with E-state index in [2.05, 4.69) is 20.9 Å². The molecule has 0 fully saturated rings. The molecular formula is C11H6BrCl3N2O. The monoisotopic (exact) mass is 366 g/mol. The van der Waals surface area contributed by atoms with Gasteiger partial charge in [-0.2, -0.15) is 0 Å². The molecule has 7 heteroatoms. The Morgan fingerprint density at radius 2 is 1.72 bits per heavy atom. The fraction of sp³-hybridized carbons (Fsp3) is 0. The van der Waals surface area contributed by atoms with E-state index in [-0.39, 0.29) is 0 Å². The van der Waals surface area contributed by atoms with Crippen molar-refractivity contribution in [2.75, 3.05) is 5.73 Å². The van der Waals surface area contributed by atoms with E-state index in [4.69, 9.17) is 45.3 Å². The molecule has 0 radical (unpaired) electrons. The fourth-order valence-electron chi connectivity index (χ4n) is 1.20. The average molecular weight is 368 g/mol. The predicted molar refractivity (Wildman–Crippen MR) is 77.9 cm³/mol. The molecule has 1 aromatic heterocycles. The van der Waals surface area contributed by atoms with E-state index in [0.717, 1.165) is 0 Å². The zero-order chi connectivity index (χ0) is 13.3. The predicted octanol–water partition coefficient (Wildman–Crippen LogP) is 5.18. The van der Waals surface area contributed by atoms with Crippen molar-refractivity contribution in [3.8, 4) is 11.6 Å². The van der Waals surface area contributed by atoms with Crippen molar-refractivity contribution in [2.45, 2.75) is 0 Å². The van der Waals surface area contributed by atoms with Crippen LogP contribution in [-0.4, -0.2) is 4.98 Å². The van der Waals surface area contributed by atoms with Crippen LogP contribution in [0.4, 0.5) is 5.69 Å². The second-order valence-corrected chi connectivity index (χ2v) is 5.43. The van der Waals surface area contributed by atoms with Crippen molar-refractivity contribution in [1.29, 1.82) is 0 Å². The highest BCUT2D eigenvalue weighted by Gasteiger charge is 2.11. The van der Waals surface area contributed by atoms with Gasteiger partial charge in [-0.3, -0.25) is 0 Å². The third-order valence-corrected chi connectivity index (χ3v) is 3.60. The van der Waals surface area contributed by atoms with Crippen molar-refractivity contribution in [2.24, 2.45) is 0 Å². The van der Waals surface area contributed by atoms with E-state index in [1.165, 1.54) is 18.3 Å². The largest absolute Gasteiger partial charge is 0.436 e. The summed E-state index contributed by atoms with van der Waals surface area (Å²) in [5.74, 6) is 0.702. The summed E-state index contributed by atoms with van der Waals surface area (Å²) < 4.78 is 6.16. The molecule has 94 valence electrons. The summed E-state index contributed by atoms with van der Waals surface area (Å²) in [7, 11) is 0. The van der Waals surface area contributed by atoms with Gasteiger partial charge >= 0.3 is 0 Å². The lowest BCUT2D eigenvalue weighted by molar-refractivity contribution is 0.460. The third kappa shape index (κ3) is 3.01. The van der Waals surface area contributed by atoms with Crippen LogP contribution < -0.4 is 10.5 Å². The van der Waals surface area contributed by atoms with E-state index >= 15 is 0 Å². The average Bonchev–Trinajstić information content (AvgIpc) is 2.29. The highest BCUT2D eigenvalue weighted by Crippen LogP contribution is 2.37. The van der Waals surface area contributed by atoms with Crippen LogP contribution in [0.5, 0.6) is 11.6 Å². The number of halogens is 4. The van der Waals surface area contributed by atoms with Crippen molar-refractivity contribution < 1.29 is 4.74 Å². The number of nitrogen functional groups attached to an aromatic ring is 1. The number of nitrogens with two attached hydrogens (primary N) is 1. The molecule has 0 saturated heterocycles. The van der Waals surface area contributed by atoms with Crippen LogP contribution in [0.3, 0.4) is 0 Å². The minimum absolute atomic E-state index is 0.337. The number of ether oxygens (including phenoxy) is 1. The molecular weight excluding hydrogens is 362 g/mol. The number of hydrogen-bond donors (Lipinski definition) is 1. The van der Waals surface area contributed by atoms with Gasteiger partial charge in [0, 0.05) is 6.07 Å². The van der Waals surface area contributed by atoms with Crippen molar-refractivity contribution >= 4 is 56.4 Å². The molecule has 18 heavy (non-hydrogen) atoms. The van der Waals surface area contributed by atoms with E-state index in [9.17, 15) is 0 Å². The third-order valence-electron chi connectivity index (χ3n) is 2.01. The minimum atomic E-state index is 0.337. The first-order valence-corrected chi connectivity index (χ1v) is 6.63. The molecule has 0 unspecified atom stereocenters. The zero-order valence-corrected chi connectivity index (χ0v) is 12.6. The van der Waals surface area contributed by atoms with Crippen molar-refractivity contribution in [1.82, 2.24) is 4.98 Å². The van der Waals surface area contributed by atoms with E-state index in [1.807, 2.05) is 0 Å². The Kier molecular flexibility index (Phi) is 4.22. The topological polar surface area (TPSA) is 48.1 Å². The van der Waals surface area contributed by atoms with Gasteiger partial charge in [-0.15, -0.1) is 0 Å². The number of pyridine rings is 1. The Morgan fingerprint density at radius 3 is 2.39 bits per heavy atom. The molecule has 0 aliphatic carbocycles. The normalized spacial score (nSPS) is 10.4. The summed E-state index contributed by atoms with van der Waals surface area (Å²) in [6.07, 6.45) is 1.48. The van der Waals surface area contributed by atoms with Gasteiger partial charge < -0.3 is 10.5 Å². The van der Waals surface area contributed by atoms with Crippen LogP contribution in [0, 0.1) is 0 Å². The molecule has 0 saturated carbocycles. The Balaban J connectivity index is 2.37. The van der Waals surface area contributed by atoms with E-state index < -0.39 is 0 Å². The summed E-state index contributed by atoms with van der Waals surface area (Å²) in [4.78, 5) is 4.04. The van der Waals surface area contributed by atoms with Gasteiger partial charge in [0.2, 0.25) is 5.88 Å². The minimum Gasteiger partial charge on any atom is -0.436 e. The number of nitrogens with zero attached hydrogens (tertiary/aromatic N) is 1. The molecule has 2 N–H and O–H groups in total. The van der Waals surface area contributed by atoms with Gasteiger partial charge in [-0.25, -0.2) is 4.98 Å². The maximum absolute atomic E-state index is 6.00. The summed E-state index contributed by atoms with van der Waals surface area (Å²) in [6, 6.07) is 4.70. The lowest BCUT2D eigenvalue weighted by Gasteiger charge is -2.09. The van der Waals surface area contributed by atoms with Crippen molar-refractivity contribution in [3.63, 3.8) is 0 Å². The number of anilines is 1. The molecule has 2 rings (SSSR count). The van der Waals surface area contributed by atoms with Crippen LogP contribution in [0.2, 0.25) is 15.1 Å².